The molecule has 0 atom stereocenters. The Balaban J connectivity index is 0.000000261. The summed E-state index contributed by atoms with van der Waals surface area (Å²) in [7, 11) is 0. The lowest BCUT2D eigenvalue weighted by atomic mass is 9.91. The van der Waals surface area contributed by atoms with Gasteiger partial charge in [0.25, 0.3) is 0 Å². The van der Waals surface area contributed by atoms with E-state index in [4.69, 9.17) is 0 Å². The van der Waals surface area contributed by atoms with E-state index in [2.05, 4.69) is 50.0 Å². The zero-order chi connectivity index (χ0) is 25.4. The highest BCUT2D eigenvalue weighted by atomic mass is 19.4. The molecule has 0 aliphatic carbocycles. The monoisotopic (exact) mass is 484 g/mol. The molecule has 0 radical (unpaired) electrons. The van der Waals surface area contributed by atoms with Crippen molar-refractivity contribution in [1.82, 2.24) is 25.5 Å². The number of hydrogen-bond donors (Lipinski definition) is 3. The van der Waals surface area contributed by atoms with Gasteiger partial charge in [0.1, 0.15) is 5.69 Å². The molecule has 3 aromatic rings. The fourth-order valence-corrected chi connectivity index (χ4v) is 3.76. The maximum Gasteiger partial charge on any atom is 0.433 e. The van der Waals surface area contributed by atoms with Crippen molar-refractivity contribution in [3.8, 4) is 0 Å². The van der Waals surface area contributed by atoms with Crippen LogP contribution < -0.4 is 10.6 Å². The number of allylic oxidation sites excluding steroid dienone is 1. The number of piperidine rings is 1. The van der Waals surface area contributed by atoms with E-state index in [-0.39, 0.29) is 0 Å². The van der Waals surface area contributed by atoms with E-state index >= 15 is 0 Å². The van der Waals surface area contributed by atoms with Gasteiger partial charge in [-0.15, -0.1) is 0 Å². The van der Waals surface area contributed by atoms with Gasteiger partial charge in [-0.3, -0.25) is 15.1 Å². The highest BCUT2D eigenvalue weighted by Crippen LogP contribution is 2.27. The highest BCUT2D eigenvalue weighted by molar-refractivity contribution is 5.80. The van der Waals surface area contributed by atoms with Crippen LogP contribution in [0.5, 0.6) is 0 Å². The first-order valence-corrected chi connectivity index (χ1v) is 11.4. The lowest BCUT2D eigenvalue weighted by Gasteiger charge is -2.22. The second-order valence-corrected chi connectivity index (χ2v) is 8.74. The Hall–Kier alpha value is -3.46. The van der Waals surface area contributed by atoms with E-state index in [9.17, 15) is 13.2 Å². The van der Waals surface area contributed by atoms with Gasteiger partial charge in [-0.1, -0.05) is 19.2 Å². The molecule has 3 aromatic heterocycles. The Bertz CT molecular complexity index is 1130. The third-order valence-corrected chi connectivity index (χ3v) is 5.68. The summed E-state index contributed by atoms with van der Waals surface area (Å²) in [4.78, 5) is 7.63. The van der Waals surface area contributed by atoms with Crippen molar-refractivity contribution >= 4 is 17.0 Å². The van der Waals surface area contributed by atoms with Gasteiger partial charge in [-0.2, -0.15) is 18.3 Å². The summed E-state index contributed by atoms with van der Waals surface area (Å²) in [6.07, 6.45) is 6.00. The predicted molar refractivity (Wildman–Crippen MR) is 133 cm³/mol. The number of alkyl halides is 3. The van der Waals surface area contributed by atoms with Gasteiger partial charge in [0.2, 0.25) is 0 Å². The quantitative estimate of drug-likeness (QED) is 0.408. The molecule has 0 spiro atoms. The van der Waals surface area contributed by atoms with E-state index in [1.807, 2.05) is 19.3 Å². The number of nitrogens with one attached hydrogen (secondary N) is 3. The van der Waals surface area contributed by atoms with Crippen LogP contribution in [0.15, 0.2) is 56.1 Å². The number of aromatic nitrogens is 4. The first kappa shape index (κ1) is 26.2. The normalized spacial score (nSPS) is 14.1. The van der Waals surface area contributed by atoms with Crippen molar-refractivity contribution in [2.24, 2.45) is 5.92 Å². The van der Waals surface area contributed by atoms with Crippen molar-refractivity contribution < 1.29 is 13.2 Å². The molecular weight excluding hydrogens is 453 g/mol. The van der Waals surface area contributed by atoms with Crippen molar-refractivity contribution in [3.05, 3.63) is 84.2 Å². The van der Waals surface area contributed by atoms with E-state index in [0.29, 0.717) is 0 Å². The SMILES string of the molecule is C=C(Nc1cn[nH]c1C(=C)C)c1cncc(CC2CCNCC2)c1.Cc1ccc(C(F)(F)F)nc1. The molecule has 0 unspecified atom stereocenters. The lowest BCUT2D eigenvalue weighted by Crippen LogP contribution is -2.28. The average Bonchev–Trinajstić information content (AvgIpc) is 3.28. The third kappa shape index (κ3) is 7.78. The zero-order valence-electron chi connectivity index (χ0n) is 20.0. The molecule has 0 bridgehead atoms. The topological polar surface area (TPSA) is 78.5 Å². The van der Waals surface area contributed by atoms with Crippen LogP contribution in [0.3, 0.4) is 0 Å². The number of pyridine rings is 2. The second kappa shape index (κ2) is 11.8. The molecule has 9 heteroatoms. The number of anilines is 1. The fourth-order valence-electron chi connectivity index (χ4n) is 3.76. The molecule has 4 rings (SSSR count). The largest absolute Gasteiger partial charge is 0.433 e. The van der Waals surface area contributed by atoms with Gasteiger partial charge in [-0.25, -0.2) is 0 Å². The number of H-pyrrole nitrogens is 1. The summed E-state index contributed by atoms with van der Waals surface area (Å²) < 4.78 is 35.6. The second-order valence-electron chi connectivity index (χ2n) is 8.74. The third-order valence-electron chi connectivity index (χ3n) is 5.68. The molecular formula is C26H31F3N6. The average molecular weight is 485 g/mol. The van der Waals surface area contributed by atoms with Crippen LogP contribution in [-0.2, 0) is 12.6 Å². The minimum atomic E-state index is -4.33. The number of nitrogens with zero attached hydrogens (tertiary/aromatic N) is 3. The number of aromatic amines is 1. The van der Waals surface area contributed by atoms with Crippen LogP contribution in [-0.4, -0.2) is 33.3 Å². The van der Waals surface area contributed by atoms with Crippen molar-refractivity contribution in [2.75, 3.05) is 18.4 Å². The molecule has 0 aromatic carbocycles. The standard InChI is InChI=1S/C19H25N5.C7H6F3N/c1-13(2)19-18(12-22-24-19)23-14(3)17-9-16(10-21-11-17)8-15-4-6-20-7-5-15;1-5-2-3-6(11-4-5)7(8,9)10/h9-12,15,20,23H,1,3-8H2,2H3,(H,22,24);2-4H,1H3. The van der Waals surface area contributed by atoms with Crippen LogP contribution in [0.4, 0.5) is 18.9 Å². The first-order chi connectivity index (χ1) is 16.6. The number of hydrogen-bond acceptors (Lipinski definition) is 5. The molecule has 0 amide bonds. The molecule has 4 heterocycles. The molecule has 1 aliphatic rings. The van der Waals surface area contributed by atoms with Crippen molar-refractivity contribution in [1.29, 1.82) is 0 Å². The Morgan fingerprint density at radius 2 is 1.86 bits per heavy atom. The summed E-state index contributed by atoms with van der Waals surface area (Å²) in [6.45, 7) is 14.0. The maximum atomic E-state index is 11.9. The van der Waals surface area contributed by atoms with Crippen molar-refractivity contribution in [3.63, 3.8) is 0 Å². The summed E-state index contributed by atoms with van der Waals surface area (Å²) in [5.41, 5.74) is 5.69. The predicted octanol–water partition coefficient (Wildman–Crippen LogP) is 5.87. The molecule has 1 saturated heterocycles. The number of halogens is 3. The van der Waals surface area contributed by atoms with E-state index in [1.54, 1.807) is 13.1 Å². The Morgan fingerprint density at radius 3 is 2.49 bits per heavy atom. The van der Waals surface area contributed by atoms with Gasteiger partial charge in [0.15, 0.2) is 0 Å². The summed E-state index contributed by atoms with van der Waals surface area (Å²) in [5.74, 6) is 0.744. The first-order valence-electron chi connectivity index (χ1n) is 11.4. The summed E-state index contributed by atoms with van der Waals surface area (Å²) in [5, 5.41) is 13.8. The zero-order valence-corrected chi connectivity index (χ0v) is 20.0. The Kier molecular flexibility index (Phi) is 8.81. The van der Waals surface area contributed by atoms with Gasteiger partial charge >= 0.3 is 6.18 Å². The molecule has 6 nitrogen and oxygen atoms in total. The molecule has 0 saturated carbocycles. The fraction of sp³-hybridized carbons (Fsp3) is 0.346. The van der Waals surface area contributed by atoms with Crippen LogP contribution in [0.25, 0.3) is 11.3 Å². The minimum absolute atomic E-state index is 0.720. The summed E-state index contributed by atoms with van der Waals surface area (Å²) in [6, 6.07) is 4.54. The van der Waals surface area contributed by atoms with E-state index in [1.165, 1.54) is 30.7 Å². The van der Waals surface area contributed by atoms with Crippen LogP contribution in [0.2, 0.25) is 0 Å². The van der Waals surface area contributed by atoms with E-state index < -0.39 is 11.9 Å². The lowest BCUT2D eigenvalue weighted by molar-refractivity contribution is -0.141. The summed E-state index contributed by atoms with van der Waals surface area (Å²) >= 11 is 0. The van der Waals surface area contributed by atoms with Gasteiger partial charge in [-0.05, 0) is 81.0 Å². The molecule has 3 N–H and O–H groups in total. The molecule has 35 heavy (non-hydrogen) atoms. The smallest absolute Gasteiger partial charge is 0.352 e. The molecule has 186 valence electrons. The Labute approximate surface area is 203 Å². The van der Waals surface area contributed by atoms with Crippen LogP contribution in [0.1, 0.15) is 47.8 Å². The van der Waals surface area contributed by atoms with Gasteiger partial charge in [0.05, 0.1) is 17.6 Å². The molecule has 1 aliphatic heterocycles. The van der Waals surface area contributed by atoms with Crippen LogP contribution >= 0.6 is 0 Å². The minimum Gasteiger partial charge on any atom is -0.352 e. The number of rotatable bonds is 6. The molecule has 1 fully saturated rings. The van der Waals surface area contributed by atoms with E-state index in [0.717, 1.165) is 65.3 Å². The van der Waals surface area contributed by atoms with Gasteiger partial charge < -0.3 is 10.6 Å². The Morgan fingerprint density at radius 1 is 1.11 bits per heavy atom. The highest BCUT2D eigenvalue weighted by Gasteiger charge is 2.31. The van der Waals surface area contributed by atoms with Crippen LogP contribution in [0, 0.1) is 12.8 Å². The van der Waals surface area contributed by atoms with Crippen molar-refractivity contribution in [2.45, 2.75) is 39.3 Å². The maximum absolute atomic E-state index is 11.9. The van der Waals surface area contributed by atoms with Gasteiger partial charge in [0, 0.05) is 29.9 Å². The number of aryl methyl sites for hydroxylation is 1.